The van der Waals surface area contributed by atoms with Crippen LogP contribution in [0.3, 0.4) is 0 Å². The number of hydrogen-bond acceptors (Lipinski definition) is 6. The zero-order chi connectivity index (χ0) is 17.1. The van der Waals surface area contributed by atoms with Crippen molar-refractivity contribution in [3.63, 3.8) is 0 Å². The van der Waals surface area contributed by atoms with E-state index in [9.17, 15) is 9.90 Å². The first-order valence-electron chi connectivity index (χ1n) is 7.16. The highest BCUT2D eigenvalue weighted by Gasteiger charge is 2.27. The molecule has 3 rings (SSSR count). The van der Waals surface area contributed by atoms with Gasteiger partial charge in [-0.1, -0.05) is 35.5 Å². The van der Waals surface area contributed by atoms with Crippen LogP contribution >= 0.6 is 0 Å². The Morgan fingerprint density at radius 2 is 1.71 bits per heavy atom. The summed E-state index contributed by atoms with van der Waals surface area (Å²) < 4.78 is 10.3. The maximum Gasteiger partial charge on any atom is 0.368 e. The summed E-state index contributed by atoms with van der Waals surface area (Å²) in [5.74, 6) is -0.163. The maximum absolute atomic E-state index is 12.0. The fraction of sp³-hybridized carbons (Fsp3) is 0.111. The second-order valence-electron chi connectivity index (χ2n) is 5.02. The van der Waals surface area contributed by atoms with Gasteiger partial charge >= 0.3 is 5.97 Å². The smallest absolute Gasteiger partial charge is 0.368 e. The van der Waals surface area contributed by atoms with E-state index in [1.54, 1.807) is 18.2 Å². The number of phenols is 1. The van der Waals surface area contributed by atoms with Crippen molar-refractivity contribution in [2.75, 3.05) is 14.2 Å². The van der Waals surface area contributed by atoms with Crippen molar-refractivity contribution in [1.29, 1.82) is 0 Å². The second kappa shape index (κ2) is 6.45. The van der Waals surface area contributed by atoms with E-state index < -0.39 is 5.97 Å². The SMILES string of the molecule is COc1cc(/C=C2\C(=O)ON=C2c2ccccc2)cc(OC)c1O. The Morgan fingerprint density at radius 1 is 1.08 bits per heavy atom. The summed E-state index contributed by atoms with van der Waals surface area (Å²) in [7, 11) is 2.87. The van der Waals surface area contributed by atoms with E-state index in [0.29, 0.717) is 16.8 Å². The lowest BCUT2D eigenvalue weighted by molar-refractivity contribution is -0.136. The number of nitrogens with zero attached hydrogens (tertiary/aromatic N) is 1. The molecule has 0 saturated carbocycles. The van der Waals surface area contributed by atoms with Crippen LogP contribution in [0.1, 0.15) is 11.1 Å². The van der Waals surface area contributed by atoms with E-state index >= 15 is 0 Å². The molecule has 0 aromatic heterocycles. The molecule has 1 aliphatic heterocycles. The predicted molar refractivity (Wildman–Crippen MR) is 88.3 cm³/mol. The molecule has 1 heterocycles. The van der Waals surface area contributed by atoms with E-state index in [1.165, 1.54) is 14.2 Å². The van der Waals surface area contributed by atoms with E-state index in [0.717, 1.165) is 5.56 Å². The molecule has 2 aromatic carbocycles. The molecule has 0 aliphatic carbocycles. The van der Waals surface area contributed by atoms with E-state index in [1.807, 2.05) is 30.3 Å². The molecule has 2 aromatic rings. The maximum atomic E-state index is 12.0. The first-order valence-corrected chi connectivity index (χ1v) is 7.16. The molecule has 24 heavy (non-hydrogen) atoms. The molecule has 0 radical (unpaired) electrons. The minimum Gasteiger partial charge on any atom is -0.502 e. The quantitative estimate of drug-likeness (QED) is 0.691. The molecule has 6 heteroatoms. The number of aromatic hydroxyl groups is 1. The Kier molecular flexibility index (Phi) is 4.20. The standard InChI is InChI=1S/C18H15NO5/c1-22-14-9-11(10-15(23-2)17(14)20)8-13-16(19-24-18(13)21)12-6-4-3-5-7-12/h3-10,20H,1-2H3/b13-8-. The van der Waals surface area contributed by atoms with Gasteiger partial charge in [-0.2, -0.15) is 0 Å². The van der Waals surface area contributed by atoms with Gasteiger partial charge in [-0.3, -0.25) is 0 Å². The van der Waals surface area contributed by atoms with Crippen molar-refractivity contribution in [2.24, 2.45) is 5.16 Å². The highest BCUT2D eigenvalue weighted by Crippen LogP contribution is 2.38. The van der Waals surface area contributed by atoms with Crippen LogP contribution in [-0.2, 0) is 9.63 Å². The first kappa shape index (κ1) is 15.6. The van der Waals surface area contributed by atoms with Gasteiger partial charge < -0.3 is 19.4 Å². The molecule has 0 unspecified atom stereocenters. The Hall–Kier alpha value is -3.28. The number of carbonyl (C=O) groups excluding carboxylic acids is 1. The van der Waals surface area contributed by atoms with E-state index in [2.05, 4.69) is 5.16 Å². The second-order valence-corrected chi connectivity index (χ2v) is 5.02. The topological polar surface area (TPSA) is 77.4 Å². The average Bonchev–Trinajstić information content (AvgIpc) is 2.97. The number of phenolic OH excluding ortho intramolecular Hbond substituents is 1. The van der Waals surface area contributed by atoms with Gasteiger partial charge in [-0.15, -0.1) is 0 Å². The number of rotatable bonds is 4. The molecule has 1 aliphatic rings. The molecule has 0 amide bonds. The van der Waals surface area contributed by atoms with Gasteiger partial charge in [-0.05, 0) is 23.8 Å². The van der Waals surface area contributed by atoms with Gasteiger partial charge in [-0.25, -0.2) is 4.79 Å². The van der Waals surface area contributed by atoms with E-state index in [4.69, 9.17) is 14.3 Å². The van der Waals surface area contributed by atoms with Gasteiger partial charge in [0.1, 0.15) is 5.71 Å². The third-order valence-electron chi connectivity index (χ3n) is 3.56. The monoisotopic (exact) mass is 325 g/mol. The Bertz CT molecular complexity index is 815. The summed E-state index contributed by atoms with van der Waals surface area (Å²) in [6, 6.07) is 12.5. The Labute approximate surface area is 138 Å². The summed E-state index contributed by atoms with van der Waals surface area (Å²) in [6.45, 7) is 0. The van der Waals surface area contributed by atoms with Crippen LogP contribution in [0.25, 0.3) is 6.08 Å². The van der Waals surface area contributed by atoms with Crippen molar-refractivity contribution in [3.05, 3.63) is 59.2 Å². The third-order valence-corrected chi connectivity index (χ3v) is 3.56. The summed E-state index contributed by atoms with van der Waals surface area (Å²) in [4.78, 5) is 16.8. The van der Waals surface area contributed by atoms with Crippen LogP contribution in [0.4, 0.5) is 0 Å². The first-order chi connectivity index (χ1) is 11.6. The largest absolute Gasteiger partial charge is 0.502 e. The van der Waals surface area contributed by atoms with Crippen LogP contribution in [0, 0.1) is 0 Å². The number of benzene rings is 2. The molecular weight excluding hydrogens is 310 g/mol. The molecular formula is C18H15NO5. The molecule has 0 spiro atoms. The minimum atomic E-state index is -0.542. The fourth-order valence-corrected chi connectivity index (χ4v) is 2.38. The fourth-order valence-electron chi connectivity index (χ4n) is 2.38. The normalized spacial score (nSPS) is 15.2. The highest BCUT2D eigenvalue weighted by molar-refractivity contribution is 6.31. The van der Waals surface area contributed by atoms with Crippen molar-refractivity contribution in [3.8, 4) is 17.2 Å². The average molecular weight is 325 g/mol. The summed E-state index contributed by atoms with van der Waals surface area (Å²) >= 11 is 0. The van der Waals surface area contributed by atoms with Crippen LogP contribution in [-0.4, -0.2) is 31.0 Å². The van der Waals surface area contributed by atoms with Crippen molar-refractivity contribution >= 4 is 17.8 Å². The lowest BCUT2D eigenvalue weighted by Crippen LogP contribution is -2.06. The number of ether oxygens (including phenoxy) is 2. The Balaban J connectivity index is 2.07. The van der Waals surface area contributed by atoms with Gasteiger partial charge in [0, 0.05) is 5.56 Å². The molecule has 0 bridgehead atoms. The highest BCUT2D eigenvalue weighted by atomic mass is 16.7. The molecule has 6 nitrogen and oxygen atoms in total. The van der Waals surface area contributed by atoms with Gasteiger partial charge in [0.15, 0.2) is 11.5 Å². The molecule has 122 valence electrons. The lowest BCUT2D eigenvalue weighted by atomic mass is 10.0. The minimum absolute atomic E-state index is 0.104. The van der Waals surface area contributed by atoms with Gasteiger partial charge in [0.2, 0.25) is 5.75 Å². The van der Waals surface area contributed by atoms with Crippen molar-refractivity contribution in [2.45, 2.75) is 0 Å². The third kappa shape index (κ3) is 2.81. The summed E-state index contributed by atoms with van der Waals surface area (Å²) in [6.07, 6.45) is 1.62. The van der Waals surface area contributed by atoms with Crippen LogP contribution < -0.4 is 9.47 Å². The molecule has 0 fully saturated rings. The van der Waals surface area contributed by atoms with Crippen molar-refractivity contribution in [1.82, 2.24) is 0 Å². The lowest BCUT2D eigenvalue weighted by Gasteiger charge is -2.10. The summed E-state index contributed by atoms with van der Waals surface area (Å²) in [5, 5.41) is 13.8. The zero-order valence-electron chi connectivity index (χ0n) is 13.1. The van der Waals surface area contributed by atoms with Crippen molar-refractivity contribution < 1.29 is 24.2 Å². The Morgan fingerprint density at radius 3 is 2.29 bits per heavy atom. The number of carbonyl (C=O) groups is 1. The predicted octanol–water partition coefficient (Wildman–Crippen LogP) is 2.75. The number of oxime groups is 1. The van der Waals surface area contributed by atoms with Crippen LogP contribution in [0.2, 0.25) is 0 Å². The molecule has 0 atom stereocenters. The molecule has 1 N–H and O–H groups in total. The van der Waals surface area contributed by atoms with Crippen LogP contribution in [0.5, 0.6) is 17.2 Å². The number of methoxy groups -OCH3 is 2. The van der Waals surface area contributed by atoms with E-state index in [-0.39, 0.29) is 17.2 Å². The van der Waals surface area contributed by atoms with Gasteiger partial charge in [0.25, 0.3) is 0 Å². The molecule has 0 saturated heterocycles. The number of hydrogen-bond donors (Lipinski definition) is 1. The zero-order valence-corrected chi connectivity index (χ0v) is 13.1. The van der Waals surface area contributed by atoms with Gasteiger partial charge in [0.05, 0.1) is 19.8 Å². The summed E-state index contributed by atoms with van der Waals surface area (Å²) in [5.41, 5.74) is 2.15. The van der Waals surface area contributed by atoms with Crippen LogP contribution in [0.15, 0.2) is 53.2 Å².